The fourth-order valence-corrected chi connectivity index (χ4v) is 6.04. The predicted molar refractivity (Wildman–Crippen MR) is 137 cm³/mol. The van der Waals surface area contributed by atoms with Gasteiger partial charge in [-0.3, -0.25) is 9.36 Å². The van der Waals surface area contributed by atoms with Crippen molar-refractivity contribution in [1.82, 2.24) is 14.5 Å². The van der Waals surface area contributed by atoms with E-state index in [0.29, 0.717) is 40.8 Å². The second-order valence-corrected chi connectivity index (χ2v) is 12.5. The second kappa shape index (κ2) is 8.95. The molecule has 1 N–H and O–H groups in total. The van der Waals surface area contributed by atoms with Crippen LogP contribution in [0.5, 0.6) is 0 Å². The Bertz CT molecular complexity index is 1450. The van der Waals surface area contributed by atoms with Crippen LogP contribution in [0.1, 0.15) is 74.2 Å². The summed E-state index contributed by atoms with van der Waals surface area (Å²) in [6.45, 7) is 2.63. The number of Topliss-reactive ketones (excluding diaryl/α,β-unsaturated/α-hetero) is 1. The zero-order chi connectivity index (χ0) is 25.0. The number of hydrogen-bond donors (Lipinski definition) is 1. The molecule has 3 aliphatic rings. The van der Waals surface area contributed by atoms with Crippen LogP contribution in [0.3, 0.4) is 0 Å². The third kappa shape index (κ3) is 4.66. The van der Waals surface area contributed by atoms with Crippen molar-refractivity contribution < 1.29 is 17.9 Å². The van der Waals surface area contributed by atoms with Gasteiger partial charge in [0.05, 0.1) is 22.0 Å². The van der Waals surface area contributed by atoms with E-state index in [1.165, 1.54) is 6.26 Å². The number of imidazole rings is 1. The van der Waals surface area contributed by atoms with Gasteiger partial charge in [0.25, 0.3) is 0 Å². The highest BCUT2D eigenvalue weighted by molar-refractivity contribution is 7.90. The number of ether oxygens (including phenoxy) is 1. The number of sulfone groups is 1. The molecule has 9 heteroatoms. The van der Waals surface area contributed by atoms with E-state index in [-0.39, 0.29) is 29.2 Å². The number of aromatic nitrogens is 3. The van der Waals surface area contributed by atoms with Crippen molar-refractivity contribution in [3.63, 3.8) is 0 Å². The smallest absolute Gasteiger partial charge is 0.177 e. The number of rotatable bonds is 8. The molecule has 3 aromatic rings. The first-order valence-corrected chi connectivity index (χ1v) is 14.8. The molecule has 0 radical (unpaired) electrons. The van der Waals surface area contributed by atoms with E-state index < -0.39 is 9.84 Å². The monoisotopic (exact) mass is 508 g/mol. The first-order chi connectivity index (χ1) is 17.3. The lowest BCUT2D eigenvalue weighted by molar-refractivity contribution is -0.119. The Morgan fingerprint density at radius 3 is 2.56 bits per heavy atom. The molecule has 2 aliphatic carbocycles. The molecule has 0 amide bonds. The number of hydrogen-bond acceptors (Lipinski definition) is 7. The minimum atomic E-state index is -3.47. The Morgan fingerprint density at radius 1 is 1.08 bits per heavy atom. The summed E-state index contributed by atoms with van der Waals surface area (Å²) in [4.78, 5) is 22.7. The molecule has 190 valence electrons. The van der Waals surface area contributed by atoms with Crippen LogP contribution in [0, 0.1) is 12.8 Å². The average Bonchev–Trinajstić information content (AvgIpc) is 3.75. The lowest BCUT2D eigenvalue weighted by atomic mass is 10.1. The third-order valence-electron chi connectivity index (χ3n) is 7.43. The minimum Gasteiger partial charge on any atom is -0.358 e. The highest BCUT2D eigenvalue weighted by Gasteiger charge is 2.31. The molecule has 1 saturated heterocycles. The number of carbonyl (C=O) groups excluding carboxylic acids is 1. The molecular weight excluding hydrogens is 476 g/mol. The SMILES string of the molecule is Cc1nc2c(Nc3ccc(C4CC4)cc3S(C)(=O)=O)cc(CC(=O)C3CC3)nc2n1C1CCCCO1. The van der Waals surface area contributed by atoms with Gasteiger partial charge < -0.3 is 10.1 Å². The summed E-state index contributed by atoms with van der Waals surface area (Å²) in [6.07, 6.45) is 8.42. The predicted octanol–water partition coefficient (Wildman–Crippen LogP) is 4.98. The third-order valence-corrected chi connectivity index (χ3v) is 8.57. The summed E-state index contributed by atoms with van der Waals surface area (Å²) < 4.78 is 33.5. The highest BCUT2D eigenvalue weighted by Crippen LogP contribution is 2.42. The van der Waals surface area contributed by atoms with E-state index in [9.17, 15) is 13.2 Å². The summed E-state index contributed by atoms with van der Waals surface area (Å²) in [5, 5.41) is 3.36. The van der Waals surface area contributed by atoms with Crippen molar-refractivity contribution in [1.29, 1.82) is 0 Å². The van der Waals surface area contributed by atoms with Gasteiger partial charge in [-0.05, 0) is 81.5 Å². The normalized spacial score (nSPS) is 20.6. The number of nitrogens with zero attached hydrogens (tertiary/aromatic N) is 3. The molecule has 2 aromatic heterocycles. The number of ketones is 1. The number of benzene rings is 1. The van der Waals surface area contributed by atoms with Crippen LogP contribution in [0.25, 0.3) is 11.2 Å². The molecule has 1 aliphatic heterocycles. The van der Waals surface area contributed by atoms with E-state index in [1.54, 1.807) is 6.07 Å². The number of fused-ring (bicyclic) bond motifs is 1. The molecule has 36 heavy (non-hydrogen) atoms. The quantitative estimate of drug-likeness (QED) is 0.457. The van der Waals surface area contributed by atoms with Crippen molar-refractivity contribution in [3.8, 4) is 0 Å². The van der Waals surface area contributed by atoms with Crippen molar-refractivity contribution in [3.05, 3.63) is 41.3 Å². The van der Waals surface area contributed by atoms with Gasteiger partial charge in [0.2, 0.25) is 0 Å². The number of aryl methyl sites for hydroxylation is 1. The summed E-state index contributed by atoms with van der Waals surface area (Å²) in [5.74, 6) is 1.57. The van der Waals surface area contributed by atoms with E-state index in [1.807, 2.05) is 29.7 Å². The molecule has 2 saturated carbocycles. The maximum atomic E-state index is 12.7. The largest absolute Gasteiger partial charge is 0.358 e. The van der Waals surface area contributed by atoms with Gasteiger partial charge in [0, 0.05) is 25.2 Å². The summed E-state index contributed by atoms with van der Waals surface area (Å²) >= 11 is 0. The van der Waals surface area contributed by atoms with Crippen molar-refractivity contribution in [2.24, 2.45) is 5.92 Å². The fraction of sp³-hybridized carbons (Fsp3) is 0.519. The molecule has 0 bridgehead atoms. The maximum absolute atomic E-state index is 12.7. The lowest BCUT2D eigenvalue weighted by Crippen LogP contribution is -2.19. The van der Waals surface area contributed by atoms with E-state index in [0.717, 1.165) is 56.3 Å². The second-order valence-electron chi connectivity index (χ2n) is 10.5. The molecule has 3 fully saturated rings. The molecule has 1 unspecified atom stereocenters. The zero-order valence-corrected chi connectivity index (χ0v) is 21.6. The fourth-order valence-electron chi connectivity index (χ4n) is 5.17. The first kappa shape index (κ1) is 23.6. The highest BCUT2D eigenvalue weighted by atomic mass is 32.2. The van der Waals surface area contributed by atoms with Crippen molar-refractivity contribution in [2.45, 2.75) is 75.3 Å². The maximum Gasteiger partial charge on any atom is 0.177 e. The van der Waals surface area contributed by atoms with E-state index in [2.05, 4.69) is 5.32 Å². The average molecular weight is 509 g/mol. The van der Waals surface area contributed by atoms with Gasteiger partial charge in [0.1, 0.15) is 23.4 Å². The van der Waals surface area contributed by atoms with Crippen LogP contribution < -0.4 is 5.32 Å². The molecule has 8 nitrogen and oxygen atoms in total. The van der Waals surface area contributed by atoms with Crippen LogP contribution >= 0.6 is 0 Å². The molecule has 0 spiro atoms. The van der Waals surface area contributed by atoms with Gasteiger partial charge >= 0.3 is 0 Å². The number of carbonyl (C=O) groups is 1. The molecule has 1 aromatic carbocycles. The molecule has 3 heterocycles. The van der Waals surface area contributed by atoms with Crippen LogP contribution in [0.2, 0.25) is 0 Å². The van der Waals surface area contributed by atoms with Gasteiger partial charge in [-0.15, -0.1) is 0 Å². The summed E-state index contributed by atoms with van der Waals surface area (Å²) in [6, 6.07) is 7.50. The van der Waals surface area contributed by atoms with Crippen molar-refractivity contribution >= 4 is 38.2 Å². The zero-order valence-electron chi connectivity index (χ0n) is 20.8. The van der Waals surface area contributed by atoms with Gasteiger partial charge in [0.15, 0.2) is 15.5 Å². The standard InChI is InChI=1S/C27H32N4O4S/c1-16-28-26-22(30-21-11-10-19(17-6-7-17)13-24(21)36(2,33)34)14-20(15-23(32)18-8-9-18)29-27(26)31(16)25-5-3-4-12-35-25/h10-11,13-14,17-18,25H,3-9,12,15H2,1-2H3,(H,29,30). The van der Waals surface area contributed by atoms with Crippen LogP contribution in [-0.4, -0.2) is 41.6 Å². The Hall–Kier alpha value is -2.78. The Balaban J connectivity index is 1.46. The van der Waals surface area contributed by atoms with E-state index >= 15 is 0 Å². The lowest BCUT2D eigenvalue weighted by Gasteiger charge is -2.25. The van der Waals surface area contributed by atoms with Gasteiger partial charge in [-0.2, -0.15) is 0 Å². The van der Waals surface area contributed by atoms with Crippen LogP contribution in [-0.2, 0) is 25.8 Å². The summed E-state index contributed by atoms with van der Waals surface area (Å²) in [5.41, 5.74) is 4.20. The summed E-state index contributed by atoms with van der Waals surface area (Å²) in [7, 11) is -3.47. The minimum absolute atomic E-state index is 0.138. The molecule has 6 rings (SSSR count). The number of nitrogens with one attached hydrogen (secondary N) is 1. The molecule has 1 atom stereocenters. The first-order valence-electron chi connectivity index (χ1n) is 12.9. The number of anilines is 2. The van der Waals surface area contributed by atoms with Crippen LogP contribution in [0.4, 0.5) is 11.4 Å². The van der Waals surface area contributed by atoms with Gasteiger partial charge in [-0.25, -0.2) is 18.4 Å². The van der Waals surface area contributed by atoms with Crippen LogP contribution in [0.15, 0.2) is 29.2 Å². The molecular formula is C27H32N4O4S. The van der Waals surface area contributed by atoms with E-state index in [4.69, 9.17) is 14.7 Å². The van der Waals surface area contributed by atoms with Gasteiger partial charge in [-0.1, -0.05) is 6.07 Å². The Labute approximate surface area is 211 Å². The van der Waals surface area contributed by atoms with Crippen molar-refractivity contribution in [2.75, 3.05) is 18.2 Å². The number of pyridine rings is 1. The Morgan fingerprint density at radius 2 is 1.89 bits per heavy atom. The topological polar surface area (TPSA) is 103 Å². The Kier molecular flexibility index (Phi) is 5.87.